The molecule has 2 rings (SSSR count). The van der Waals surface area contributed by atoms with Crippen LogP contribution in [0.25, 0.3) is 0 Å². The number of methoxy groups -OCH3 is 1. The van der Waals surface area contributed by atoms with Gasteiger partial charge in [0.2, 0.25) is 5.88 Å². The van der Waals surface area contributed by atoms with Crippen molar-refractivity contribution in [1.82, 2.24) is 14.3 Å². The second-order valence-electron chi connectivity index (χ2n) is 5.69. The van der Waals surface area contributed by atoms with E-state index in [-0.39, 0.29) is 5.41 Å². The van der Waals surface area contributed by atoms with Crippen molar-refractivity contribution in [3.8, 4) is 5.88 Å². The largest absolute Gasteiger partial charge is 0.480 e. The Morgan fingerprint density at radius 2 is 2.10 bits per heavy atom. The minimum absolute atomic E-state index is 0.0571. The summed E-state index contributed by atoms with van der Waals surface area (Å²) >= 11 is 1.40. The number of ether oxygens (including phenoxy) is 1. The van der Waals surface area contributed by atoms with Gasteiger partial charge in [0.1, 0.15) is 11.6 Å². The van der Waals surface area contributed by atoms with Gasteiger partial charge >= 0.3 is 0 Å². The molecule has 6 heteroatoms. The molecule has 0 aliphatic carbocycles. The predicted molar refractivity (Wildman–Crippen MR) is 81.5 cm³/mol. The molecule has 0 spiro atoms. The fourth-order valence-electron chi connectivity index (χ4n) is 1.78. The van der Waals surface area contributed by atoms with Crippen LogP contribution < -0.4 is 9.64 Å². The van der Waals surface area contributed by atoms with Crippen molar-refractivity contribution in [2.75, 3.05) is 19.1 Å². The van der Waals surface area contributed by atoms with Crippen molar-refractivity contribution in [2.45, 2.75) is 32.7 Å². The lowest BCUT2D eigenvalue weighted by Gasteiger charge is -2.21. The minimum Gasteiger partial charge on any atom is -0.480 e. The average Bonchev–Trinajstić information content (AvgIpc) is 2.85. The van der Waals surface area contributed by atoms with Crippen LogP contribution in [0.4, 0.5) is 5.82 Å². The zero-order valence-electron chi connectivity index (χ0n) is 12.5. The highest BCUT2D eigenvalue weighted by atomic mass is 32.1. The van der Waals surface area contributed by atoms with Crippen molar-refractivity contribution in [2.24, 2.45) is 0 Å². The van der Waals surface area contributed by atoms with Gasteiger partial charge in [0.25, 0.3) is 0 Å². The molecule has 0 fully saturated rings. The summed E-state index contributed by atoms with van der Waals surface area (Å²) in [6.45, 7) is 7.04. The molecule has 0 radical (unpaired) electrons. The van der Waals surface area contributed by atoms with Crippen LogP contribution in [0.3, 0.4) is 0 Å². The quantitative estimate of drug-likeness (QED) is 0.867. The van der Waals surface area contributed by atoms with Crippen LogP contribution in [0.1, 0.15) is 32.2 Å². The number of anilines is 1. The molecule has 20 heavy (non-hydrogen) atoms. The maximum Gasteiger partial charge on any atom is 0.229 e. The fraction of sp³-hybridized carbons (Fsp3) is 0.500. The van der Waals surface area contributed by atoms with Crippen molar-refractivity contribution in [3.05, 3.63) is 29.0 Å². The van der Waals surface area contributed by atoms with E-state index in [0.717, 1.165) is 17.2 Å². The molecule has 2 aromatic heterocycles. The third-order valence-corrected chi connectivity index (χ3v) is 3.57. The Morgan fingerprint density at radius 1 is 1.35 bits per heavy atom. The molecule has 108 valence electrons. The lowest BCUT2D eigenvalue weighted by atomic mass is 9.96. The summed E-state index contributed by atoms with van der Waals surface area (Å²) in [6, 6.07) is 1.92. The highest BCUT2D eigenvalue weighted by molar-refractivity contribution is 7.03. The fourth-order valence-corrected chi connectivity index (χ4v) is 2.42. The van der Waals surface area contributed by atoms with E-state index in [1.807, 2.05) is 24.7 Å². The molecule has 0 atom stereocenters. The lowest BCUT2D eigenvalue weighted by Crippen LogP contribution is -2.21. The highest BCUT2D eigenvalue weighted by Gasteiger charge is 2.18. The summed E-state index contributed by atoms with van der Waals surface area (Å²) in [7, 11) is 3.65. The van der Waals surface area contributed by atoms with Crippen LogP contribution >= 0.6 is 11.5 Å². The van der Waals surface area contributed by atoms with Crippen LogP contribution in [0, 0.1) is 0 Å². The number of rotatable bonds is 4. The zero-order chi connectivity index (χ0) is 14.8. The van der Waals surface area contributed by atoms with E-state index in [9.17, 15) is 0 Å². The summed E-state index contributed by atoms with van der Waals surface area (Å²) in [5.41, 5.74) is 1.01. The number of nitrogens with zero attached hydrogens (tertiary/aromatic N) is 4. The van der Waals surface area contributed by atoms with Gasteiger partial charge in [0, 0.05) is 29.6 Å². The zero-order valence-corrected chi connectivity index (χ0v) is 13.4. The van der Waals surface area contributed by atoms with E-state index in [1.165, 1.54) is 11.5 Å². The first-order chi connectivity index (χ1) is 9.41. The molecule has 5 nitrogen and oxygen atoms in total. The van der Waals surface area contributed by atoms with E-state index in [1.54, 1.807) is 7.11 Å². The van der Waals surface area contributed by atoms with Crippen molar-refractivity contribution < 1.29 is 4.74 Å². The molecule has 0 bridgehead atoms. The molecule has 0 aromatic carbocycles. The Bertz CT molecular complexity index is 577. The van der Waals surface area contributed by atoms with Gasteiger partial charge in [-0.3, -0.25) is 0 Å². The molecule has 0 saturated carbocycles. The van der Waals surface area contributed by atoms with E-state index < -0.39 is 0 Å². The molecule has 0 N–H and O–H groups in total. The van der Waals surface area contributed by atoms with Gasteiger partial charge in [-0.05, 0) is 17.6 Å². The predicted octanol–water partition coefficient (Wildman–Crippen LogP) is 2.88. The second kappa shape index (κ2) is 5.75. The van der Waals surface area contributed by atoms with E-state index >= 15 is 0 Å². The van der Waals surface area contributed by atoms with Gasteiger partial charge in [0.05, 0.1) is 13.7 Å². The first-order valence-corrected chi connectivity index (χ1v) is 7.27. The summed E-state index contributed by atoms with van der Waals surface area (Å²) in [5, 5.41) is 2.00. The van der Waals surface area contributed by atoms with E-state index in [0.29, 0.717) is 12.4 Å². The van der Waals surface area contributed by atoms with Crippen LogP contribution in [0.15, 0.2) is 17.6 Å². The first kappa shape index (κ1) is 14.7. The number of hydrogen-bond acceptors (Lipinski definition) is 6. The van der Waals surface area contributed by atoms with Crippen LogP contribution in [0.2, 0.25) is 0 Å². The average molecular weight is 292 g/mol. The molecule has 0 amide bonds. The lowest BCUT2D eigenvalue weighted by molar-refractivity contribution is 0.397. The van der Waals surface area contributed by atoms with Gasteiger partial charge in [0.15, 0.2) is 0 Å². The van der Waals surface area contributed by atoms with Crippen molar-refractivity contribution in [3.63, 3.8) is 0 Å². The number of aromatic nitrogens is 3. The monoisotopic (exact) mass is 292 g/mol. The van der Waals surface area contributed by atoms with Crippen LogP contribution in [-0.4, -0.2) is 28.5 Å². The van der Waals surface area contributed by atoms with E-state index in [4.69, 9.17) is 4.74 Å². The Kier molecular flexibility index (Phi) is 4.23. The maximum atomic E-state index is 5.24. The van der Waals surface area contributed by atoms with Gasteiger partial charge in [-0.15, -0.1) is 0 Å². The molecule has 0 saturated heterocycles. The van der Waals surface area contributed by atoms with Crippen molar-refractivity contribution >= 4 is 17.4 Å². The molecule has 0 aliphatic heterocycles. The third kappa shape index (κ3) is 3.25. The SMILES string of the molecule is COc1nscc1CN(C)c1ccnc(C(C)(C)C)n1. The van der Waals surface area contributed by atoms with Crippen molar-refractivity contribution in [1.29, 1.82) is 0 Å². The molecular formula is C14H20N4OS. The van der Waals surface area contributed by atoms with Crippen LogP contribution in [-0.2, 0) is 12.0 Å². The Hall–Kier alpha value is -1.69. The standard InChI is InChI=1S/C14H20N4OS/c1-14(2,3)13-15-7-6-11(16-13)18(4)8-10-9-20-17-12(10)19-5/h6-7,9H,8H2,1-5H3. The molecule has 2 heterocycles. The molecule has 2 aromatic rings. The summed E-state index contributed by atoms with van der Waals surface area (Å²) in [4.78, 5) is 11.1. The maximum absolute atomic E-state index is 5.24. The normalized spacial score (nSPS) is 11.4. The third-order valence-electron chi connectivity index (χ3n) is 2.91. The molecule has 0 unspecified atom stereocenters. The first-order valence-electron chi connectivity index (χ1n) is 6.43. The summed E-state index contributed by atoms with van der Waals surface area (Å²) in [5.74, 6) is 2.43. The van der Waals surface area contributed by atoms with Gasteiger partial charge in [-0.25, -0.2) is 9.97 Å². The van der Waals surface area contributed by atoms with Crippen LogP contribution in [0.5, 0.6) is 5.88 Å². The summed E-state index contributed by atoms with van der Waals surface area (Å²) in [6.07, 6.45) is 1.81. The molecular weight excluding hydrogens is 272 g/mol. The topological polar surface area (TPSA) is 51.1 Å². The van der Waals surface area contributed by atoms with Gasteiger partial charge in [-0.1, -0.05) is 20.8 Å². The highest BCUT2D eigenvalue weighted by Crippen LogP contribution is 2.24. The smallest absolute Gasteiger partial charge is 0.229 e. The minimum atomic E-state index is -0.0571. The van der Waals surface area contributed by atoms with E-state index in [2.05, 4.69) is 40.0 Å². The van der Waals surface area contributed by atoms with Gasteiger partial charge in [-0.2, -0.15) is 4.37 Å². The Morgan fingerprint density at radius 3 is 2.75 bits per heavy atom. The van der Waals surface area contributed by atoms with Gasteiger partial charge < -0.3 is 9.64 Å². The number of hydrogen-bond donors (Lipinski definition) is 0. The summed E-state index contributed by atoms with van der Waals surface area (Å²) < 4.78 is 9.44. The Balaban J connectivity index is 2.19. The molecule has 0 aliphatic rings. The second-order valence-corrected chi connectivity index (χ2v) is 6.32. The Labute approximate surface area is 123 Å².